The summed E-state index contributed by atoms with van der Waals surface area (Å²) < 4.78 is 0. The predicted octanol–water partition coefficient (Wildman–Crippen LogP) is 3.84. The number of nitrogens with zero attached hydrogens (tertiary/aromatic N) is 1. The van der Waals surface area contributed by atoms with E-state index in [1.807, 2.05) is 12.1 Å². The van der Waals surface area contributed by atoms with Gasteiger partial charge in [-0.05, 0) is 29.7 Å². The molecule has 0 bridgehead atoms. The number of aromatic nitrogens is 1. The summed E-state index contributed by atoms with van der Waals surface area (Å²) in [6.07, 6.45) is 3.54. The second-order valence-electron chi connectivity index (χ2n) is 4.91. The van der Waals surface area contributed by atoms with Crippen LogP contribution in [0.2, 0.25) is 0 Å². The molecule has 0 aliphatic rings. The van der Waals surface area contributed by atoms with Crippen LogP contribution in [0.25, 0.3) is 0 Å². The van der Waals surface area contributed by atoms with Crippen LogP contribution >= 0.6 is 11.3 Å². The van der Waals surface area contributed by atoms with E-state index in [2.05, 4.69) is 49.7 Å². The first-order valence-electron chi connectivity index (χ1n) is 5.58. The van der Waals surface area contributed by atoms with Crippen LogP contribution in [-0.2, 0) is 5.41 Å². The molecule has 0 saturated carbocycles. The molecule has 0 saturated heterocycles. The van der Waals surface area contributed by atoms with Crippen molar-refractivity contribution in [3.8, 4) is 11.8 Å². The van der Waals surface area contributed by atoms with Crippen LogP contribution in [0.15, 0.2) is 36.7 Å². The summed E-state index contributed by atoms with van der Waals surface area (Å²) in [7, 11) is 0. The molecule has 1 nitrogen and oxygen atoms in total. The number of pyridine rings is 1. The minimum Gasteiger partial charge on any atom is -0.263 e. The van der Waals surface area contributed by atoms with E-state index in [4.69, 9.17) is 0 Å². The molecule has 2 aromatic rings. The molecule has 2 heteroatoms. The molecule has 2 aromatic heterocycles. The fraction of sp³-hybridized carbons (Fsp3) is 0.267. The van der Waals surface area contributed by atoms with Crippen molar-refractivity contribution in [1.82, 2.24) is 4.98 Å². The van der Waals surface area contributed by atoms with Crippen molar-refractivity contribution in [2.75, 3.05) is 0 Å². The Hall–Kier alpha value is -1.59. The fourth-order valence-electron chi connectivity index (χ4n) is 1.38. The van der Waals surface area contributed by atoms with Gasteiger partial charge < -0.3 is 0 Å². The van der Waals surface area contributed by atoms with Crippen LogP contribution in [0.1, 0.15) is 36.1 Å². The highest BCUT2D eigenvalue weighted by Gasteiger charge is 2.15. The Bertz CT molecular complexity index is 550. The molecule has 0 unspecified atom stereocenters. The Morgan fingerprint density at radius 1 is 1.12 bits per heavy atom. The van der Waals surface area contributed by atoms with Gasteiger partial charge >= 0.3 is 0 Å². The van der Waals surface area contributed by atoms with Gasteiger partial charge in [0.2, 0.25) is 0 Å². The van der Waals surface area contributed by atoms with Gasteiger partial charge in [-0.2, -0.15) is 0 Å². The van der Waals surface area contributed by atoms with E-state index in [1.54, 1.807) is 23.7 Å². The molecule has 2 heterocycles. The van der Waals surface area contributed by atoms with E-state index >= 15 is 0 Å². The molecule has 0 N–H and O–H groups in total. The topological polar surface area (TPSA) is 12.9 Å². The zero-order valence-electron chi connectivity index (χ0n) is 10.3. The first-order chi connectivity index (χ1) is 8.05. The van der Waals surface area contributed by atoms with E-state index in [-0.39, 0.29) is 5.41 Å². The smallest absolute Gasteiger partial charge is 0.0775 e. The van der Waals surface area contributed by atoms with Crippen LogP contribution in [0.3, 0.4) is 0 Å². The Kier molecular flexibility index (Phi) is 3.31. The summed E-state index contributed by atoms with van der Waals surface area (Å²) in [6, 6.07) is 8.13. The number of hydrogen-bond donors (Lipinski definition) is 0. The molecule has 0 amide bonds. The van der Waals surface area contributed by atoms with Crippen LogP contribution < -0.4 is 0 Å². The van der Waals surface area contributed by atoms with Gasteiger partial charge in [0.1, 0.15) is 0 Å². The molecule has 0 fully saturated rings. The number of rotatable bonds is 0. The number of hydrogen-bond acceptors (Lipinski definition) is 2. The SMILES string of the molecule is CC(C)(C)c1ccc(C#Cc2cccnc2)s1. The first kappa shape index (κ1) is 11.9. The van der Waals surface area contributed by atoms with Gasteiger partial charge in [0.15, 0.2) is 0 Å². The standard InChI is InChI=1S/C15H15NS/c1-15(2,3)14-9-8-13(17-14)7-6-12-5-4-10-16-11-12/h4-5,8-11H,1-3H3. The van der Waals surface area contributed by atoms with Crippen LogP contribution in [-0.4, -0.2) is 4.98 Å². The minimum atomic E-state index is 0.207. The Morgan fingerprint density at radius 2 is 1.94 bits per heavy atom. The van der Waals surface area contributed by atoms with Gasteiger partial charge in [-0.3, -0.25) is 4.98 Å². The summed E-state index contributed by atoms with van der Waals surface area (Å²) in [5, 5.41) is 0. The molecule has 0 atom stereocenters. The van der Waals surface area contributed by atoms with Gasteiger partial charge in [0, 0.05) is 22.8 Å². The van der Waals surface area contributed by atoms with Crippen molar-refractivity contribution in [2.24, 2.45) is 0 Å². The van der Waals surface area contributed by atoms with E-state index in [1.165, 1.54) is 4.88 Å². The highest BCUT2D eigenvalue weighted by atomic mass is 32.1. The molecule has 2 rings (SSSR count). The molecule has 0 spiro atoms. The Balaban J connectivity index is 2.21. The van der Waals surface area contributed by atoms with E-state index in [0.29, 0.717) is 0 Å². The molecule has 86 valence electrons. The van der Waals surface area contributed by atoms with Gasteiger partial charge in [0.05, 0.1) is 4.88 Å². The predicted molar refractivity (Wildman–Crippen MR) is 73.2 cm³/mol. The second-order valence-corrected chi connectivity index (χ2v) is 5.99. The quantitative estimate of drug-likeness (QED) is 0.639. The van der Waals surface area contributed by atoms with E-state index < -0.39 is 0 Å². The Labute approximate surface area is 107 Å². The number of thiophene rings is 1. The lowest BCUT2D eigenvalue weighted by molar-refractivity contribution is 0.604. The highest BCUT2D eigenvalue weighted by Crippen LogP contribution is 2.28. The lowest BCUT2D eigenvalue weighted by Crippen LogP contribution is -2.07. The van der Waals surface area contributed by atoms with Crippen molar-refractivity contribution in [3.63, 3.8) is 0 Å². The summed E-state index contributed by atoms with van der Waals surface area (Å²) in [6.45, 7) is 6.66. The van der Waals surface area contributed by atoms with Gasteiger partial charge in [-0.1, -0.05) is 32.6 Å². The van der Waals surface area contributed by atoms with Crippen LogP contribution in [0, 0.1) is 11.8 Å². The maximum Gasteiger partial charge on any atom is 0.0775 e. The largest absolute Gasteiger partial charge is 0.263 e. The van der Waals surface area contributed by atoms with E-state index in [0.717, 1.165) is 10.4 Å². The van der Waals surface area contributed by atoms with Gasteiger partial charge in [-0.25, -0.2) is 0 Å². The summed E-state index contributed by atoms with van der Waals surface area (Å²) in [5.41, 5.74) is 1.16. The van der Waals surface area contributed by atoms with Crippen molar-refractivity contribution >= 4 is 11.3 Å². The van der Waals surface area contributed by atoms with Gasteiger partial charge in [0.25, 0.3) is 0 Å². The van der Waals surface area contributed by atoms with Crippen molar-refractivity contribution in [2.45, 2.75) is 26.2 Å². The van der Waals surface area contributed by atoms with Crippen LogP contribution in [0.4, 0.5) is 0 Å². The van der Waals surface area contributed by atoms with Crippen molar-refractivity contribution in [3.05, 3.63) is 52.0 Å². The third-order valence-corrected chi connectivity index (χ3v) is 3.76. The zero-order chi connectivity index (χ0) is 12.3. The second kappa shape index (κ2) is 4.73. The molecule has 0 aliphatic carbocycles. The highest BCUT2D eigenvalue weighted by molar-refractivity contribution is 7.12. The molecule has 0 aliphatic heterocycles. The van der Waals surface area contributed by atoms with Gasteiger partial charge in [-0.15, -0.1) is 11.3 Å². The summed E-state index contributed by atoms with van der Waals surface area (Å²) in [5.74, 6) is 6.31. The average molecular weight is 241 g/mol. The van der Waals surface area contributed by atoms with Crippen molar-refractivity contribution in [1.29, 1.82) is 0 Å². The average Bonchev–Trinajstić information content (AvgIpc) is 2.76. The van der Waals surface area contributed by atoms with Crippen molar-refractivity contribution < 1.29 is 0 Å². The molecule has 17 heavy (non-hydrogen) atoms. The van der Waals surface area contributed by atoms with Crippen LogP contribution in [0.5, 0.6) is 0 Å². The molecule has 0 aromatic carbocycles. The minimum absolute atomic E-state index is 0.207. The maximum atomic E-state index is 4.04. The third-order valence-electron chi connectivity index (χ3n) is 2.34. The zero-order valence-corrected chi connectivity index (χ0v) is 11.1. The monoisotopic (exact) mass is 241 g/mol. The maximum absolute atomic E-state index is 4.04. The Morgan fingerprint density at radius 3 is 2.53 bits per heavy atom. The lowest BCUT2D eigenvalue weighted by atomic mass is 9.95. The molecular weight excluding hydrogens is 226 g/mol. The lowest BCUT2D eigenvalue weighted by Gasteiger charge is -2.14. The fourth-order valence-corrected chi connectivity index (χ4v) is 2.30. The summed E-state index contributed by atoms with van der Waals surface area (Å²) in [4.78, 5) is 6.52. The summed E-state index contributed by atoms with van der Waals surface area (Å²) >= 11 is 1.77. The molecule has 0 radical (unpaired) electrons. The normalized spacial score (nSPS) is 10.8. The molecular formula is C15H15NS. The first-order valence-corrected chi connectivity index (χ1v) is 6.40. The van der Waals surface area contributed by atoms with E-state index in [9.17, 15) is 0 Å². The third kappa shape index (κ3) is 3.18.